The van der Waals surface area contributed by atoms with E-state index in [4.69, 9.17) is 10.5 Å². The van der Waals surface area contributed by atoms with Crippen LogP contribution in [-0.4, -0.2) is 18.1 Å². The summed E-state index contributed by atoms with van der Waals surface area (Å²) in [5.74, 6) is 0.249. The van der Waals surface area contributed by atoms with E-state index in [2.05, 4.69) is 5.32 Å². The van der Waals surface area contributed by atoms with Crippen molar-refractivity contribution in [2.24, 2.45) is 0 Å². The molecule has 0 aliphatic heterocycles. The highest BCUT2D eigenvalue weighted by Crippen LogP contribution is 2.36. The van der Waals surface area contributed by atoms with Crippen molar-refractivity contribution in [3.63, 3.8) is 0 Å². The second-order valence-corrected chi connectivity index (χ2v) is 7.25. The number of phenols is 1. The molecule has 0 saturated carbocycles. The molecule has 0 bridgehead atoms. The molecule has 1 aliphatic carbocycles. The Bertz CT molecular complexity index is 1060. The summed E-state index contributed by atoms with van der Waals surface area (Å²) in [6.45, 7) is 0. The first-order valence-corrected chi connectivity index (χ1v) is 9.28. The number of phenolic OH excluding ortho intramolecular Hbond substituents is 1. The molecule has 6 heteroatoms. The maximum Gasteiger partial charge on any atom is 0.252 e. The molecule has 0 spiro atoms. The number of carbonyl (C=O) groups excluding carboxylic acids is 1. The average molecular weight is 378 g/mol. The van der Waals surface area contributed by atoms with Crippen molar-refractivity contribution in [3.8, 4) is 21.9 Å². The zero-order valence-electron chi connectivity index (χ0n) is 14.7. The number of thiophene rings is 1. The molecule has 0 radical (unpaired) electrons. The topological polar surface area (TPSA) is 84.6 Å². The molecule has 2 aromatic carbocycles. The van der Waals surface area contributed by atoms with Gasteiger partial charge in [-0.05, 0) is 58.5 Å². The molecule has 27 heavy (non-hydrogen) atoms. The Morgan fingerprint density at radius 3 is 2.85 bits per heavy atom. The van der Waals surface area contributed by atoms with Crippen molar-refractivity contribution < 1.29 is 14.6 Å². The molecule has 4 N–H and O–H groups in total. The van der Waals surface area contributed by atoms with Crippen LogP contribution in [0.4, 0.5) is 11.4 Å². The Morgan fingerprint density at radius 2 is 2.11 bits per heavy atom. The van der Waals surface area contributed by atoms with Gasteiger partial charge in [-0.2, -0.15) is 0 Å². The van der Waals surface area contributed by atoms with E-state index in [9.17, 15) is 9.90 Å². The quantitative estimate of drug-likeness (QED) is 0.591. The second kappa shape index (κ2) is 6.81. The van der Waals surface area contributed by atoms with E-state index < -0.39 is 0 Å². The van der Waals surface area contributed by atoms with Gasteiger partial charge in [0, 0.05) is 16.9 Å². The van der Waals surface area contributed by atoms with Gasteiger partial charge in [-0.1, -0.05) is 12.1 Å². The smallest absolute Gasteiger partial charge is 0.252 e. The Labute approximate surface area is 160 Å². The molecule has 1 aliphatic rings. The van der Waals surface area contributed by atoms with Crippen LogP contribution in [0.15, 0.2) is 53.4 Å². The van der Waals surface area contributed by atoms with Crippen LogP contribution in [0.5, 0.6) is 11.5 Å². The molecule has 0 fully saturated rings. The van der Waals surface area contributed by atoms with Gasteiger partial charge < -0.3 is 20.9 Å². The summed E-state index contributed by atoms with van der Waals surface area (Å²) >= 11 is 1.63. The maximum absolute atomic E-state index is 12.7. The van der Waals surface area contributed by atoms with Gasteiger partial charge in [-0.3, -0.25) is 4.79 Å². The van der Waals surface area contributed by atoms with E-state index in [0.29, 0.717) is 29.1 Å². The number of nitrogens with one attached hydrogen (secondary N) is 1. The summed E-state index contributed by atoms with van der Waals surface area (Å²) in [5, 5.41) is 14.8. The largest absolute Gasteiger partial charge is 0.504 e. The molecule has 4 rings (SSSR count). The van der Waals surface area contributed by atoms with Crippen molar-refractivity contribution in [2.45, 2.75) is 6.42 Å². The summed E-state index contributed by atoms with van der Waals surface area (Å²) in [7, 11) is 1.50. The van der Waals surface area contributed by atoms with Gasteiger partial charge in [0.2, 0.25) is 0 Å². The van der Waals surface area contributed by atoms with E-state index in [0.717, 1.165) is 21.6 Å². The number of aromatic hydroxyl groups is 1. The number of hydrogen-bond acceptors (Lipinski definition) is 5. The fourth-order valence-corrected chi connectivity index (χ4v) is 3.85. The van der Waals surface area contributed by atoms with Crippen LogP contribution in [-0.2, 0) is 11.2 Å². The summed E-state index contributed by atoms with van der Waals surface area (Å²) in [6.07, 6.45) is 2.26. The SMILES string of the molecule is COc1cc2c(cc1O)C=C(C(=O)Nc1cc(-c3cccs3)ccc1N)C2. The van der Waals surface area contributed by atoms with Crippen molar-refractivity contribution >= 4 is 34.7 Å². The number of anilines is 2. The normalized spacial score (nSPS) is 12.4. The van der Waals surface area contributed by atoms with Gasteiger partial charge in [-0.25, -0.2) is 0 Å². The predicted molar refractivity (Wildman–Crippen MR) is 109 cm³/mol. The highest BCUT2D eigenvalue weighted by Gasteiger charge is 2.21. The number of benzene rings is 2. The van der Waals surface area contributed by atoms with Crippen LogP contribution in [0, 0.1) is 0 Å². The number of rotatable bonds is 4. The standard InChI is InChI=1S/C21H18N2O3S/c1-26-19-11-14-8-15(7-13(14)10-18(19)24)21(25)23-17-9-12(4-5-16(17)22)20-3-2-6-27-20/h2-7,9-11,24H,8,22H2,1H3,(H,23,25). The lowest BCUT2D eigenvalue weighted by Crippen LogP contribution is -2.15. The van der Waals surface area contributed by atoms with E-state index in [1.54, 1.807) is 35.6 Å². The summed E-state index contributed by atoms with van der Waals surface area (Å²) < 4.78 is 5.14. The summed E-state index contributed by atoms with van der Waals surface area (Å²) in [6, 6.07) is 13.0. The molecular weight excluding hydrogens is 360 g/mol. The fraction of sp³-hybridized carbons (Fsp3) is 0.0952. The lowest BCUT2D eigenvalue weighted by atomic mass is 10.1. The molecule has 5 nitrogen and oxygen atoms in total. The van der Waals surface area contributed by atoms with Gasteiger partial charge in [0.1, 0.15) is 0 Å². The van der Waals surface area contributed by atoms with Crippen molar-refractivity contribution in [1.29, 1.82) is 0 Å². The molecule has 0 atom stereocenters. The van der Waals surface area contributed by atoms with Gasteiger partial charge in [0.05, 0.1) is 18.5 Å². The molecule has 1 aromatic heterocycles. The van der Waals surface area contributed by atoms with E-state index in [1.807, 2.05) is 29.6 Å². The Balaban J connectivity index is 1.57. The summed E-state index contributed by atoms with van der Waals surface area (Å²) in [4.78, 5) is 13.9. The number of nitrogens with two attached hydrogens (primary N) is 1. The third kappa shape index (κ3) is 3.27. The third-order valence-electron chi connectivity index (χ3n) is 4.55. The average Bonchev–Trinajstić information content (AvgIpc) is 3.32. The first kappa shape index (κ1) is 17.2. The minimum Gasteiger partial charge on any atom is -0.504 e. The Kier molecular flexibility index (Phi) is 4.33. The number of nitrogen functional groups attached to an aromatic ring is 1. The number of ether oxygens (including phenoxy) is 1. The fourth-order valence-electron chi connectivity index (χ4n) is 3.13. The summed E-state index contributed by atoms with van der Waals surface area (Å²) in [5.41, 5.74) is 10.5. The molecule has 3 aromatic rings. The molecule has 0 saturated heterocycles. The van der Waals surface area contributed by atoms with Crippen LogP contribution in [0.25, 0.3) is 16.5 Å². The minimum absolute atomic E-state index is 0.0575. The zero-order chi connectivity index (χ0) is 19.0. The number of amides is 1. The lowest BCUT2D eigenvalue weighted by molar-refractivity contribution is -0.112. The molecule has 1 heterocycles. The second-order valence-electron chi connectivity index (χ2n) is 6.30. The first-order valence-electron chi connectivity index (χ1n) is 8.40. The van der Waals surface area contributed by atoms with E-state index in [-0.39, 0.29) is 11.7 Å². The molecule has 136 valence electrons. The van der Waals surface area contributed by atoms with Gasteiger partial charge in [-0.15, -0.1) is 11.3 Å². The first-order chi connectivity index (χ1) is 13.0. The van der Waals surface area contributed by atoms with E-state index >= 15 is 0 Å². The van der Waals surface area contributed by atoms with E-state index in [1.165, 1.54) is 7.11 Å². The predicted octanol–water partition coefficient (Wildman–Crippen LogP) is 4.29. The Morgan fingerprint density at radius 1 is 1.26 bits per heavy atom. The van der Waals surface area contributed by atoms with Crippen LogP contribution >= 0.6 is 11.3 Å². The third-order valence-corrected chi connectivity index (χ3v) is 5.47. The van der Waals surface area contributed by atoms with Crippen LogP contribution in [0.1, 0.15) is 11.1 Å². The van der Waals surface area contributed by atoms with Crippen LogP contribution in [0.2, 0.25) is 0 Å². The molecule has 0 unspecified atom stereocenters. The zero-order valence-corrected chi connectivity index (χ0v) is 15.5. The number of methoxy groups -OCH3 is 1. The number of carbonyl (C=O) groups is 1. The molecule has 1 amide bonds. The van der Waals surface area contributed by atoms with Crippen molar-refractivity contribution in [1.82, 2.24) is 0 Å². The highest BCUT2D eigenvalue weighted by molar-refractivity contribution is 7.13. The monoisotopic (exact) mass is 378 g/mol. The van der Waals surface area contributed by atoms with Crippen molar-refractivity contribution in [3.05, 3.63) is 64.5 Å². The maximum atomic E-state index is 12.7. The van der Waals surface area contributed by atoms with Gasteiger partial charge >= 0.3 is 0 Å². The number of hydrogen-bond donors (Lipinski definition) is 3. The van der Waals surface area contributed by atoms with Crippen molar-refractivity contribution in [2.75, 3.05) is 18.2 Å². The van der Waals surface area contributed by atoms with Gasteiger partial charge in [0.15, 0.2) is 11.5 Å². The lowest BCUT2D eigenvalue weighted by Gasteiger charge is -2.10. The number of fused-ring (bicyclic) bond motifs is 1. The van der Waals surface area contributed by atoms with Crippen LogP contribution < -0.4 is 15.8 Å². The minimum atomic E-state index is -0.209. The Hall–Kier alpha value is -3.25. The highest BCUT2D eigenvalue weighted by atomic mass is 32.1. The molecular formula is C21H18N2O3S. The van der Waals surface area contributed by atoms with Gasteiger partial charge in [0.25, 0.3) is 5.91 Å². The van der Waals surface area contributed by atoms with Crippen LogP contribution in [0.3, 0.4) is 0 Å².